The van der Waals surface area contributed by atoms with Crippen LogP contribution in [-0.2, 0) is 14.3 Å². The Kier molecular flexibility index (Phi) is 5.41. The van der Waals surface area contributed by atoms with Crippen molar-refractivity contribution in [1.29, 1.82) is 0 Å². The highest BCUT2D eigenvalue weighted by Gasteiger charge is 2.43. The zero-order valence-corrected chi connectivity index (χ0v) is 15.4. The molecule has 3 rings (SSSR count). The first-order valence-electron chi connectivity index (χ1n) is 8.21. The van der Waals surface area contributed by atoms with E-state index in [1.54, 1.807) is 25.1 Å². The van der Waals surface area contributed by atoms with Gasteiger partial charge < -0.3 is 4.74 Å². The first kappa shape index (κ1) is 18.8. The molecule has 2 heterocycles. The van der Waals surface area contributed by atoms with Crippen LogP contribution in [-0.4, -0.2) is 39.2 Å². The van der Waals surface area contributed by atoms with Crippen LogP contribution >= 0.6 is 11.8 Å². The summed E-state index contributed by atoms with van der Waals surface area (Å²) >= 11 is 1.38. The Morgan fingerprint density at radius 3 is 2.96 bits per heavy atom. The van der Waals surface area contributed by atoms with E-state index in [4.69, 9.17) is 4.74 Å². The summed E-state index contributed by atoms with van der Waals surface area (Å²) in [4.78, 5) is 42.1. The molecule has 0 aromatic heterocycles. The molecule has 2 aliphatic rings. The third-order valence-electron chi connectivity index (χ3n) is 4.19. The highest BCUT2D eigenvalue weighted by Crippen LogP contribution is 2.42. The molecule has 0 saturated carbocycles. The Balaban J connectivity index is 2.20. The number of ether oxygens (including phenoxy) is 1. The monoisotopic (exact) mass is 387 g/mol. The SMILES string of the molecule is C=CCOC(=O)C1=C(C)N=C2SCCC(=O)N2C1c1ccccc1[N+](=O)[O-]. The summed E-state index contributed by atoms with van der Waals surface area (Å²) < 4.78 is 5.17. The fourth-order valence-corrected chi connectivity index (χ4v) is 4.06. The summed E-state index contributed by atoms with van der Waals surface area (Å²) in [5, 5.41) is 12.0. The van der Waals surface area contributed by atoms with E-state index in [2.05, 4.69) is 11.6 Å². The molecule has 1 atom stereocenters. The minimum absolute atomic E-state index is 0.0154. The van der Waals surface area contributed by atoms with Crippen LogP contribution in [0.25, 0.3) is 0 Å². The molecule has 1 saturated heterocycles. The standard InChI is InChI=1S/C18H17N3O5S/c1-3-9-26-17(23)15-11(2)19-18-20(14(22)8-10-27-18)16(15)12-6-4-5-7-13(12)21(24)25/h3-7,16H,1,8-10H2,2H3. The van der Waals surface area contributed by atoms with Crippen molar-refractivity contribution in [3.63, 3.8) is 0 Å². The summed E-state index contributed by atoms with van der Waals surface area (Å²) in [6.45, 7) is 5.13. The van der Waals surface area contributed by atoms with E-state index >= 15 is 0 Å². The van der Waals surface area contributed by atoms with Gasteiger partial charge in [-0.1, -0.05) is 36.5 Å². The molecule has 0 bridgehead atoms. The second-order valence-electron chi connectivity index (χ2n) is 5.86. The highest BCUT2D eigenvalue weighted by atomic mass is 32.2. The molecule has 1 unspecified atom stereocenters. The Labute approximate surface area is 159 Å². The fraction of sp³-hybridized carbons (Fsp3) is 0.278. The Hall–Kier alpha value is -2.94. The largest absolute Gasteiger partial charge is 0.458 e. The lowest BCUT2D eigenvalue weighted by molar-refractivity contribution is -0.385. The molecule has 0 radical (unpaired) electrons. The van der Waals surface area contributed by atoms with E-state index < -0.39 is 16.9 Å². The van der Waals surface area contributed by atoms with Crippen molar-refractivity contribution < 1.29 is 19.2 Å². The summed E-state index contributed by atoms with van der Waals surface area (Å²) in [5.74, 6) is -0.347. The van der Waals surface area contributed by atoms with Gasteiger partial charge in [-0.05, 0) is 13.0 Å². The molecule has 1 aromatic carbocycles. The maximum atomic E-state index is 12.7. The number of para-hydroxylation sites is 1. The summed E-state index contributed by atoms with van der Waals surface area (Å²) in [6.07, 6.45) is 1.68. The molecular formula is C18H17N3O5S. The number of nitro groups is 1. The fourth-order valence-electron chi connectivity index (χ4n) is 3.05. The van der Waals surface area contributed by atoms with E-state index in [0.717, 1.165) is 0 Å². The molecule has 0 N–H and O–H groups in total. The molecular weight excluding hydrogens is 370 g/mol. The van der Waals surface area contributed by atoms with Gasteiger partial charge in [0.05, 0.1) is 21.8 Å². The van der Waals surface area contributed by atoms with Crippen LogP contribution in [0.2, 0.25) is 0 Å². The van der Waals surface area contributed by atoms with Crippen molar-refractivity contribution in [3.05, 3.63) is 63.9 Å². The minimum atomic E-state index is -0.961. The number of amidine groups is 1. The second kappa shape index (κ2) is 7.75. The topological polar surface area (TPSA) is 102 Å². The molecule has 140 valence electrons. The van der Waals surface area contributed by atoms with Crippen LogP contribution in [0.4, 0.5) is 5.69 Å². The third kappa shape index (κ3) is 3.50. The average molecular weight is 387 g/mol. The molecule has 8 nitrogen and oxygen atoms in total. The van der Waals surface area contributed by atoms with E-state index in [1.165, 1.54) is 28.8 Å². The molecule has 1 amide bonds. The highest BCUT2D eigenvalue weighted by molar-refractivity contribution is 8.14. The maximum Gasteiger partial charge on any atom is 0.338 e. The van der Waals surface area contributed by atoms with Crippen molar-refractivity contribution in [2.75, 3.05) is 12.4 Å². The van der Waals surface area contributed by atoms with Crippen LogP contribution in [0, 0.1) is 10.1 Å². The summed E-state index contributed by atoms with van der Waals surface area (Å²) in [6, 6.07) is 5.11. The zero-order valence-electron chi connectivity index (χ0n) is 14.6. The number of benzene rings is 1. The number of fused-ring (bicyclic) bond motifs is 1. The first-order valence-corrected chi connectivity index (χ1v) is 9.20. The Morgan fingerprint density at radius 2 is 2.26 bits per heavy atom. The number of carbonyl (C=O) groups excluding carboxylic acids is 2. The smallest absolute Gasteiger partial charge is 0.338 e. The van der Waals surface area contributed by atoms with Crippen molar-refractivity contribution in [1.82, 2.24) is 4.90 Å². The van der Waals surface area contributed by atoms with E-state index in [-0.39, 0.29) is 35.8 Å². The number of thioether (sulfide) groups is 1. The lowest BCUT2D eigenvalue weighted by Crippen LogP contribution is -2.46. The van der Waals surface area contributed by atoms with Crippen molar-refractivity contribution >= 4 is 34.5 Å². The van der Waals surface area contributed by atoms with Crippen molar-refractivity contribution in [3.8, 4) is 0 Å². The summed E-state index contributed by atoms with van der Waals surface area (Å²) in [7, 11) is 0. The molecule has 9 heteroatoms. The number of carbonyl (C=O) groups is 2. The number of aliphatic imine (C=N–C) groups is 1. The van der Waals surface area contributed by atoms with E-state index in [9.17, 15) is 19.7 Å². The molecule has 0 spiro atoms. The normalized spacial score (nSPS) is 19.3. The third-order valence-corrected chi connectivity index (χ3v) is 5.14. The molecule has 1 fully saturated rings. The predicted octanol–water partition coefficient (Wildman–Crippen LogP) is 2.97. The number of hydrogen-bond donors (Lipinski definition) is 0. The quantitative estimate of drug-likeness (QED) is 0.333. The minimum Gasteiger partial charge on any atom is -0.458 e. The number of nitrogens with zero attached hydrogens (tertiary/aromatic N) is 3. The summed E-state index contributed by atoms with van der Waals surface area (Å²) in [5.41, 5.74) is 0.566. The maximum absolute atomic E-state index is 12.7. The van der Waals surface area contributed by atoms with Gasteiger partial charge in [-0.15, -0.1) is 0 Å². The van der Waals surface area contributed by atoms with E-state index in [1.807, 2.05) is 0 Å². The number of amides is 1. The second-order valence-corrected chi connectivity index (χ2v) is 6.92. The molecule has 27 heavy (non-hydrogen) atoms. The zero-order chi connectivity index (χ0) is 19.6. The number of esters is 1. The van der Waals surface area contributed by atoms with Crippen LogP contribution < -0.4 is 0 Å². The van der Waals surface area contributed by atoms with Gasteiger partial charge >= 0.3 is 5.97 Å². The van der Waals surface area contributed by atoms with Gasteiger partial charge in [0, 0.05) is 18.2 Å². The van der Waals surface area contributed by atoms with E-state index in [0.29, 0.717) is 16.6 Å². The Bertz CT molecular complexity index is 893. The predicted molar refractivity (Wildman–Crippen MR) is 101 cm³/mol. The number of allylic oxidation sites excluding steroid dienone is 1. The van der Waals surface area contributed by atoms with Crippen molar-refractivity contribution in [2.45, 2.75) is 19.4 Å². The molecule has 0 aliphatic carbocycles. The molecule has 2 aliphatic heterocycles. The lowest BCUT2D eigenvalue weighted by Gasteiger charge is -2.38. The van der Waals surface area contributed by atoms with Crippen LogP contribution in [0.3, 0.4) is 0 Å². The van der Waals surface area contributed by atoms with Gasteiger partial charge in [0.15, 0.2) is 5.17 Å². The van der Waals surface area contributed by atoms with Gasteiger partial charge in [-0.3, -0.25) is 19.8 Å². The van der Waals surface area contributed by atoms with Gasteiger partial charge in [0.25, 0.3) is 5.69 Å². The number of nitro benzene ring substituents is 1. The number of rotatable bonds is 5. The first-order chi connectivity index (χ1) is 13.0. The molecule has 1 aromatic rings. The Morgan fingerprint density at radius 1 is 1.52 bits per heavy atom. The van der Waals surface area contributed by atoms with Crippen LogP contribution in [0.5, 0.6) is 0 Å². The van der Waals surface area contributed by atoms with Gasteiger partial charge in [-0.25, -0.2) is 9.79 Å². The lowest BCUT2D eigenvalue weighted by atomic mass is 9.93. The van der Waals surface area contributed by atoms with Crippen LogP contribution in [0.15, 0.2) is 53.2 Å². The van der Waals surface area contributed by atoms with Gasteiger partial charge in [-0.2, -0.15) is 0 Å². The van der Waals surface area contributed by atoms with Crippen LogP contribution in [0.1, 0.15) is 24.9 Å². The van der Waals surface area contributed by atoms with Gasteiger partial charge in [0.2, 0.25) is 5.91 Å². The number of hydrogen-bond acceptors (Lipinski definition) is 7. The average Bonchev–Trinajstić information content (AvgIpc) is 2.65. The van der Waals surface area contributed by atoms with Gasteiger partial charge in [0.1, 0.15) is 12.6 Å². The van der Waals surface area contributed by atoms with Crippen molar-refractivity contribution in [2.24, 2.45) is 4.99 Å².